The quantitative estimate of drug-likeness (QED) is 0.262. The number of allylic oxidation sites excluding steroid dienone is 8. The normalized spacial score (nSPS) is 12.5. The number of benzene rings is 1. The molecule has 2 aliphatic rings. The van der Waals surface area contributed by atoms with Gasteiger partial charge >= 0.3 is 27.7 Å². The second kappa shape index (κ2) is 17.0. The summed E-state index contributed by atoms with van der Waals surface area (Å²) in [6, 6.07) is 9.36. The van der Waals surface area contributed by atoms with Crippen molar-refractivity contribution < 1.29 is 36.4 Å². The van der Waals surface area contributed by atoms with Crippen LogP contribution in [0.2, 0.25) is 5.15 Å². The molecule has 1 heterocycles. The van der Waals surface area contributed by atoms with Crippen LogP contribution >= 0.6 is 11.6 Å². The van der Waals surface area contributed by atoms with Crippen molar-refractivity contribution in [2.24, 2.45) is 5.92 Å². The Labute approximate surface area is 222 Å². The first-order valence-corrected chi connectivity index (χ1v) is 11.2. The molecule has 0 bridgehead atoms. The van der Waals surface area contributed by atoms with E-state index in [1.165, 1.54) is 0 Å². The maximum atomic E-state index is 11.0. The molecule has 2 aliphatic carbocycles. The van der Waals surface area contributed by atoms with Gasteiger partial charge in [0.2, 0.25) is 5.88 Å². The SMILES string of the molecule is CC(C)CCOc1nc(-c2ccccc2)nc(Cl)c1CC(=O)O.[C-]1=CC=CC1.[C-]1=CC=CC1.[Ti+2]. The summed E-state index contributed by atoms with van der Waals surface area (Å²) >= 11 is 6.18. The Morgan fingerprint density at radius 2 is 1.71 bits per heavy atom. The summed E-state index contributed by atoms with van der Waals surface area (Å²) in [4.78, 5) is 19.6. The minimum atomic E-state index is -1.00. The predicted octanol–water partition coefficient (Wildman–Crippen LogP) is 6.46. The molecule has 1 aromatic carbocycles. The molecule has 0 aliphatic heterocycles. The monoisotopic (exact) mass is 512 g/mol. The van der Waals surface area contributed by atoms with Crippen LogP contribution < -0.4 is 4.74 Å². The van der Waals surface area contributed by atoms with E-state index < -0.39 is 5.97 Å². The second-order valence-corrected chi connectivity index (χ2v) is 7.95. The minimum Gasteiger partial charge on any atom is -0.481 e. The van der Waals surface area contributed by atoms with Crippen molar-refractivity contribution in [2.45, 2.75) is 39.5 Å². The zero-order valence-electron chi connectivity index (χ0n) is 19.5. The van der Waals surface area contributed by atoms with Gasteiger partial charge in [0.15, 0.2) is 5.82 Å². The molecule has 0 unspecified atom stereocenters. The zero-order valence-corrected chi connectivity index (χ0v) is 21.8. The fraction of sp³-hybridized carbons (Fsp3) is 0.296. The molecule has 5 nitrogen and oxygen atoms in total. The molecule has 0 fully saturated rings. The van der Waals surface area contributed by atoms with Gasteiger partial charge in [-0.2, -0.15) is 17.1 Å². The molecule has 0 atom stereocenters. The van der Waals surface area contributed by atoms with E-state index in [1.807, 2.05) is 54.6 Å². The fourth-order valence-corrected chi connectivity index (χ4v) is 2.87. The Hall–Kier alpha value is -2.47. The van der Waals surface area contributed by atoms with Crippen molar-refractivity contribution in [1.29, 1.82) is 0 Å². The first-order chi connectivity index (χ1) is 16.0. The zero-order chi connectivity index (χ0) is 23.9. The van der Waals surface area contributed by atoms with Crippen LogP contribution in [0.4, 0.5) is 0 Å². The topological polar surface area (TPSA) is 72.3 Å². The molecule has 34 heavy (non-hydrogen) atoms. The van der Waals surface area contributed by atoms with Gasteiger partial charge in [0.25, 0.3) is 0 Å². The number of halogens is 1. The van der Waals surface area contributed by atoms with Crippen LogP contribution in [-0.4, -0.2) is 27.7 Å². The average molecular weight is 513 g/mol. The number of carboxylic acids is 1. The molecule has 4 rings (SSSR count). The Balaban J connectivity index is 0.000000430. The van der Waals surface area contributed by atoms with E-state index in [9.17, 15) is 4.79 Å². The van der Waals surface area contributed by atoms with Gasteiger partial charge in [0.05, 0.1) is 18.6 Å². The minimum absolute atomic E-state index is 0. The van der Waals surface area contributed by atoms with Crippen molar-refractivity contribution in [1.82, 2.24) is 9.97 Å². The maximum Gasteiger partial charge on any atom is 2.00 e. The van der Waals surface area contributed by atoms with E-state index in [1.54, 1.807) is 0 Å². The number of ether oxygens (including phenoxy) is 1. The summed E-state index contributed by atoms with van der Waals surface area (Å²) in [7, 11) is 0. The third-order valence-electron chi connectivity index (χ3n) is 4.38. The Morgan fingerprint density at radius 1 is 1.09 bits per heavy atom. The molecule has 2 aromatic rings. The second-order valence-electron chi connectivity index (χ2n) is 7.60. The molecule has 0 saturated heterocycles. The van der Waals surface area contributed by atoms with Crippen molar-refractivity contribution >= 4 is 17.6 Å². The number of rotatable bonds is 7. The van der Waals surface area contributed by atoms with E-state index in [0.717, 1.165) is 24.8 Å². The van der Waals surface area contributed by atoms with Crippen LogP contribution in [0.15, 0.2) is 66.8 Å². The van der Waals surface area contributed by atoms with Gasteiger partial charge in [-0.25, -0.2) is 29.3 Å². The van der Waals surface area contributed by atoms with Gasteiger partial charge in [0.1, 0.15) is 5.15 Å². The summed E-state index contributed by atoms with van der Waals surface area (Å²) in [6.07, 6.45) is 20.6. The number of nitrogens with zero attached hydrogens (tertiary/aromatic N) is 2. The van der Waals surface area contributed by atoms with Crippen LogP contribution in [0, 0.1) is 18.1 Å². The largest absolute Gasteiger partial charge is 2.00 e. The molecule has 0 radical (unpaired) electrons. The van der Waals surface area contributed by atoms with E-state index >= 15 is 0 Å². The number of hydrogen-bond donors (Lipinski definition) is 1. The number of hydrogen-bond acceptors (Lipinski definition) is 4. The fourth-order valence-electron chi connectivity index (χ4n) is 2.64. The smallest absolute Gasteiger partial charge is 0.481 e. The summed E-state index contributed by atoms with van der Waals surface area (Å²) in [6.45, 7) is 4.62. The number of carboxylic acid groups (broad SMARTS) is 1. The van der Waals surface area contributed by atoms with Crippen molar-refractivity contribution in [3.05, 3.63) is 89.7 Å². The summed E-state index contributed by atoms with van der Waals surface area (Å²) < 4.78 is 5.69. The van der Waals surface area contributed by atoms with Gasteiger partial charge < -0.3 is 9.84 Å². The van der Waals surface area contributed by atoms with Crippen LogP contribution in [0.25, 0.3) is 11.4 Å². The molecular weight excluding hydrogens is 484 g/mol. The predicted molar refractivity (Wildman–Crippen MR) is 132 cm³/mol. The molecule has 7 heteroatoms. The number of carbonyl (C=O) groups is 1. The van der Waals surface area contributed by atoms with Crippen LogP contribution in [0.5, 0.6) is 5.88 Å². The van der Waals surface area contributed by atoms with Gasteiger partial charge in [-0.1, -0.05) is 55.8 Å². The molecule has 0 spiro atoms. The van der Waals surface area contributed by atoms with E-state index in [4.69, 9.17) is 21.4 Å². The third kappa shape index (κ3) is 11.6. The molecular formula is C27H29ClN2O3Ti. The van der Waals surface area contributed by atoms with Crippen LogP contribution in [0.1, 0.15) is 38.7 Å². The van der Waals surface area contributed by atoms with Crippen LogP contribution in [-0.2, 0) is 32.9 Å². The molecule has 0 amide bonds. The molecule has 1 N–H and O–H groups in total. The first-order valence-electron chi connectivity index (χ1n) is 10.9. The van der Waals surface area contributed by atoms with Gasteiger partial charge in [-0.05, 0) is 12.3 Å². The molecule has 176 valence electrons. The van der Waals surface area contributed by atoms with Gasteiger partial charge in [-0.3, -0.25) is 16.9 Å². The van der Waals surface area contributed by atoms with Crippen molar-refractivity contribution in [2.75, 3.05) is 6.61 Å². The van der Waals surface area contributed by atoms with E-state index in [0.29, 0.717) is 23.9 Å². The summed E-state index contributed by atoms with van der Waals surface area (Å²) in [5.74, 6) is 0.136. The average Bonchev–Trinajstić information content (AvgIpc) is 3.55. The van der Waals surface area contributed by atoms with Gasteiger partial charge in [-0.15, -0.1) is 12.8 Å². The Bertz CT molecular complexity index is 960. The van der Waals surface area contributed by atoms with Crippen molar-refractivity contribution in [3.8, 4) is 17.3 Å². The first kappa shape index (κ1) is 29.6. The molecule has 0 saturated carbocycles. The summed E-state index contributed by atoms with van der Waals surface area (Å²) in [5, 5.41) is 9.16. The Morgan fingerprint density at radius 3 is 2.15 bits per heavy atom. The summed E-state index contributed by atoms with van der Waals surface area (Å²) in [5.41, 5.74) is 1.10. The third-order valence-corrected chi connectivity index (χ3v) is 4.70. The van der Waals surface area contributed by atoms with Crippen molar-refractivity contribution in [3.63, 3.8) is 0 Å². The Kier molecular flexibility index (Phi) is 14.8. The van der Waals surface area contributed by atoms with Gasteiger partial charge in [0, 0.05) is 5.56 Å². The number of aliphatic carboxylic acids is 1. The number of aromatic nitrogens is 2. The van der Waals surface area contributed by atoms with E-state index in [-0.39, 0.29) is 39.2 Å². The van der Waals surface area contributed by atoms with Crippen LogP contribution in [0.3, 0.4) is 0 Å². The molecule has 1 aromatic heterocycles. The van der Waals surface area contributed by atoms with E-state index in [2.05, 4.69) is 48.1 Å². The standard InChI is InChI=1S/C17H19ClN2O3.2C5H5.Ti/c1-11(2)8-9-23-17-13(10-14(21)22)15(18)19-16(20-17)12-6-4-3-5-7-12;2*1-2-4-5-3-1;/h3-7,11H,8-10H2,1-2H3,(H,21,22);2*1-3H,4H2;/q;2*-1;+2. The maximum absolute atomic E-state index is 11.0.